The van der Waals surface area contributed by atoms with Gasteiger partial charge in [0.25, 0.3) is 0 Å². The number of halogens is 2. The fourth-order valence-electron chi connectivity index (χ4n) is 7.34. The Morgan fingerprint density at radius 1 is 0.380 bits per heavy atom. The maximum absolute atomic E-state index is 6.81. The summed E-state index contributed by atoms with van der Waals surface area (Å²) >= 11 is 13.2. The quantitative estimate of drug-likeness (QED) is 0.172. The zero-order valence-corrected chi connectivity index (χ0v) is 29.1. The van der Waals surface area contributed by atoms with Crippen LogP contribution in [0.3, 0.4) is 0 Å². The number of hydrogen-bond donors (Lipinski definition) is 0. The maximum Gasteiger partial charge on any atom is 0.173 e. The predicted octanol–water partition coefficient (Wildman–Crippen LogP) is 10.6. The molecule has 6 aromatic carbocycles. The lowest BCUT2D eigenvalue weighted by Crippen LogP contribution is -2.10. The summed E-state index contributed by atoms with van der Waals surface area (Å²) in [6.07, 6.45) is 4.29. The minimum absolute atomic E-state index is 0.151. The lowest BCUT2D eigenvalue weighted by Gasteiger charge is -2.20. The van der Waals surface area contributed by atoms with Crippen molar-refractivity contribution in [3.8, 4) is 0 Å². The Balaban J connectivity index is 1.24. The van der Waals surface area contributed by atoms with E-state index in [0.717, 1.165) is 43.2 Å². The Kier molecular flexibility index (Phi) is 9.26. The average Bonchev–Trinajstić information content (AvgIpc) is 3.11. The van der Waals surface area contributed by atoms with Crippen molar-refractivity contribution in [1.82, 2.24) is 15.4 Å². The second kappa shape index (κ2) is 14.4. The summed E-state index contributed by atoms with van der Waals surface area (Å²) in [5.74, 6) is -0.279. The van der Waals surface area contributed by atoms with Gasteiger partial charge in [0.2, 0.25) is 0 Å². The summed E-state index contributed by atoms with van der Waals surface area (Å²) in [7, 11) is 0. The average molecular weight is 689 g/mol. The van der Waals surface area contributed by atoms with Crippen LogP contribution in [0.15, 0.2) is 146 Å². The number of benzene rings is 6. The number of aromatic nitrogens is 3. The largest absolute Gasteiger partial charge is 0.173 e. The molecule has 0 atom stereocenters. The second-order valence-corrected chi connectivity index (χ2v) is 14.1. The van der Waals surface area contributed by atoms with Crippen molar-refractivity contribution in [2.75, 3.05) is 0 Å². The molecule has 1 aromatic heterocycles. The zero-order valence-electron chi connectivity index (χ0n) is 27.6. The SMILES string of the molecule is Clc1nnnc(C2c3cccc(c3)Cc3cccc(c3)Cc3cccc(c3)Cc3cccc(c3)Cc3cccc(c3)Cc3cccc2c3)c1Cl. The molecule has 0 N–H and O–H groups in total. The van der Waals surface area contributed by atoms with E-state index < -0.39 is 0 Å². The fourth-order valence-corrected chi connectivity index (χ4v) is 7.65. The first-order valence-electron chi connectivity index (χ1n) is 17.1. The Bertz CT molecular complexity index is 2180. The summed E-state index contributed by atoms with van der Waals surface area (Å²) in [4.78, 5) is 0. The second-order valence-electron chi connectivity index (χ2n) is 13.4. The Morgan fingerprint density at radius 2 is 0.680 bits per heavy atom. The van der Waals surface area contributed by atoms with Gasteiger partial charge in [-0.15, -0.1) is 10.2 Å². The van der Waals surface area contributed by atoms with Crippen LogP contribution in [0.4, 0.5) is 0 Å². The molecule has 0 saturated carbocycles. The van der Waals surface area contributed by atoms with Crippen LogP contribution in [0.5, 0.6) is 0 Å². The van der Waals surface area contributed by atoms with Crippen molar-refractivity contribution in [2.45, 2.75) is 38.0 Å². The molecule has 1 aliphatic carbocycles. The van der Waals surface area contributed by atoms with Gasteiger partial charge in [-0.05, 0) is 104 Å². The number of rotatable bonds is 1. The first-order valence-corrected chi connectivity index (χ1v) is 17.8. The third-order valence-corrected chi connectivity index (χ3v) is 10.3. The van der Waals surface area contributed by atoms with Crippen molar-refractivity contribution < 1.29 is 0 Å². The highest BCUT2D eigenvalue weighted by Gasteiger charge is 2.24. The van der Waals surface area contributed by atoms with E-state index in [4.69, 9.17) is 23.2 Å². The van der Waals surface area contributed by atoms with E-state index in [1.54, 1.807) is 0 Å². The lowest BCUT2D eigenvalue weighted by molar-refractivity contribution is 0.783. The van der Waals surface area contributed by atoms with Crippen molar-refractivity contribution in [3.63, 3.8) is 0 Å². The standard InChI is InChI=1S/C45H35Cl2N3/c46-43-44(48-50-49-45(43)47)42-40-17-5-15-38(28-40)26-36-13-3-11-34(24-36)22-32-9-1-7-30(20-32)19-31-8-2-10-33(21-31)23-35-12-4-14-37(25-35)27-39-16-6-18-41(42)29-39/h1-18,20-21,24-25,28-29,42H,19,22-23,26-27H2. The van der Waals surface area contributed by atoms with E-state index >= 15 is 0 Å². The molecule has 0 spiro atoms. The Morgan fingerprint density at radius 3 is 1.02 bits per heavy atom. The first-order chi connectivity index (χ1) is 24.5. The van der Waals surface area contributed by atoms with Crippen LogP contribution >= 0.6 is 23.2 Å². The fraction of sp³-hybridized carbons (Fsp3) is 0.133. The van der Waals surface area contributed by atoms with Gasteiger partial charge < -0.3 is 0 Å². The van der Waals surface area contributed by atoms with Crippen LogP contribution in [-0.4, -0.2) is 15.4 Å². The van der Waals surface area contributed by atoms with Gasteiger partial charge in [0.1, 0.15) is 5.02 Å². The molecule has 3 nitrogen and oxygen atoms in total. The summed E-state index contributed by atoms with van der Waals surface area (Å²) in [6.45, 7) is 0. The molecule has 50 heavy (non-hydrogen) atoms. The van der Waals surface area contributed by atoms with Gasteiger partial charge in [-0.3, -0.25) is 0 Å². The number of hydrogen-bond acceptors (Lipinski definition) is 3. The summed E-state index contributed by atoms with van der Waals surface area (Å²) in [5, 5.41) is 12.8. The van der Waals surface area contributed by atoms with Crippen molar-refractivity contribution in [2.24, 2.45) is 0 Å². The van der Waals surface area contributed by atoms with Gasteiger partial charge in [0, 0.05) is 0 Å². The van der Waals surface area contributed by atoms with E-state index in [0.29, 0.717) is 10.7 Å². The molecule has 1 aliphatic rings. The molecule has 8 rings (SSSR count). The van der Waals surface area contributed by atoms with Crippen LogP contribution in [-0.2, 0) is 32.1 Å². The molecule has 0 unspecified atom stereocenters. The Labute approximate surface area is 303 Å². The number of nitrogens with zero attached hydrogens (tertiary/aromatic N) is 3. The lowest BCUT2D eigenvalue weighted by atomic mass is 9.85. The molecule has 0 aliphatic heterocycles. The minimum atomic E-state index is -0.279. The highest BCUT2D eigenvalue weighted by atomic mass is 35.5. The third kappa shape index (κ3) is 7.40. The first kappa shape index (κ1) is 32.1. The highest BCUT2D eigenvalue weighted by Crippen LogP contribution is 2.37. The predicted molar refractivity (Wildman–Crippen MR) is 203 cm³/mol. The maximum atomic E-state index is 6.81. The van der Waals surface area contributed by atoms with Crippen molar-refractivity contribution >= 4 is 23.2 Å². The van der Waals surface area contributed by atoms with Gasteiger partial charge >= 0.3 is 0 Å². The van der Waals surface area contributed by atoms with E-state index in [1.165, 1.54) is 55.6 Å². The minimum Gasteiger partial charge on any atom is -0.133 e. The van der Waals surface area contributed by atoms with Crippen LogP contribution < -0.4 is 0 Å². The monoisotopic (exact) mass is 687 g/mol. The smallest absolute Gasteiger partial charge is 0.133 e. The molecular formula is C45H35Cl2N3. The molecule has 0 amide bonds. The van der Waals surface area contributed by atoms with E-state index in [9.17, 15) is 0 Å². The molecule has 0 radical (unpaired) electrons. The Hall–Kier alpha value is -5.09. The van der Waals surface area contributed by atoms with Gasteiger partial charge in [-0.1, -0.05) is 169 Å². The van der Waals surface area contributed by atoms with Crippen LogP contribution in [0, 0.1) is 0 Å². The molecule has 244 valence electrons. The highest BCUT2D eigenvalue weighted by molar-refractivity contribution is 6.41. The van der Waals surface area contributed by atoms with Crippen LogP contribution in [0.2, 0.25) is 10.2 Å². The molecule has 0 fully saturated rings. The zero-order chi connectivity index (χ0) is 33.9. The van der Waals surface area contributed by atoms with Gasteiger partial charge in [0.15, 0.2) is 5.15 Å². The van der Waals surface area contributed by atoms with E-state index in [2.05, 4.69) is 161 Å². The summed E-state index contributed by atoms with van der Waals surface area (Å²) < 4.78 is 0. The van der Waals surface area contributed by atoms with Crippen molar-refractivity contribution in [3.05, 3.63) is 228 Å². The molecule has 7 aromatic rings. The van der Waals surface area contributed by atoms with Gasteiger partial charge in [0.05, 0.1) is 11.6 Å². The molecule has 5 heteroatoms. The van der Waals surface area contributed by atoms with Crippen LogP contribution in [0.1, 0.15) is 78.4 Å². The summed E-state index contributed by atoms with van der Waals surface area (Å²) in [6, 6.07) is 53.4. The topological polar surface area (TPSA) is 38.7 Å². The van der Waals surface area contributed by atoms with Gasteiger partial charge in [-0.25, -0.2) is 0 Å². The van der Waals surface area contributed by atoms with Crippen molar-refractivity contribution in [1.29, 1.82) is 0 Å². The molecule has 0 saturated heterocycles. The van der Waals surface area contributed by atoms with Gasteiger partial charge in [-0.2, -0.15) is 0 Å². The van der Waals surface area contributed by atoms with E-state index in [-0.39, 0.29) is 11.1 Å². The van der Waals surface area contributed by atoms with E-state index in [1.807, 2.05) is 0 Å². The molecule has 1 heterocycles. The summed E-state index contributed by atoms with van der Waals surface area (Å²) in [5.41, 5.74) is 15.6. The number of fused-ring (bicyclic) bond motifs is 12. The molecule has 12 bridgehead atoms. The third-order valence-electron chi connectivity index (χ3n) is 9.54. The van der Waals surface area contributed by atoms with Crippen LogP contribution in [0.25, 0.3) is 0 Å². The molecular weight excluding hydrogens is 653 g/mol. The normalized spacial score (nSPS) is 13.3.